The van der Waals surface area contributed by atoms with E-state index >= 15 is 0 Å². The lowest BCUT2D eigenvalue weighted by Crippen LogP contribution is -2.42. The Balaban J connectivity index is 1.78. The highest BCUT2D eigenvalue weighted by molar-refractivity contribution is 5.83. The predicted molar refractivity (Wildman–Crippen MR) is 96.0 cm³/mol. The second kappa shape index (κ2) is 7.30. The highest BCUT2D eigenvalue weighted by Crippen LogP contribution is 2.31. The number of nitrogens with one attached hydrogen (secondary N) is 2. The molecule has 0 radical (unpaired) electrons. The van der Waals surface area contributed by atoms with Crippen LogP contribution in [-0.2, 0) is 4.79 Å². The van der Waals surface area contributed by atoms with Crippen LogP contribution in [0.1, 0.15) is 44.7 Å². The molecule has 0 spiro atoms. The van der Waals surface area contributed by atoms with Gasteiger partial charge in [0.1, 0.15) is 5.82 Å². The standard InChI is InChI=1S/C19H28FN3O2/c1-13(22-18(25)19(2)7-8-21-12-19)16-11-14(20)3-4-17(16)23-9-5-15(24)6-10-23/h3-4,11,13,15,21,24H,5-10,12H2,1-2H3,(H,22,25). The first-order valence-corrected chi connectivity index (χ1v) is 9.13. The number of benzene rings is 1. The van der Waals surface area contributed by atoms with Crippen LogP contribution in [-0.4, -0.2) is 43.3 Å². The number of hydrogen-bond acceptors (Lipinski definition) is 4. The van der Waals surface area contributed by atoms with Crippen LogP contribution >= 0.6 is 0 Å². The number of nitrogens with zero attached hydrogens (tertiary/aromatic N) is 1. The lowest BCUT2D eigenvalue weighted by atomic mass is 9.88. The van der Waals surface area contributed by atoms with E-state index in [9.17, 15) is 14.3 Å². The highest BCUT2D eigenvalue weighted by atomic mass is 19.1. The van der Waals surface area contributed by atoms with Gasteiger partial charge < -0.3 is 20.6 Å². The van der Waals surface area contributed by atoms with Crippen LogP contribution in [0.4, 0.5) is 10.1 Å². The topological polar surface area (TPSA) is 64.6 Å². The fraction of sp³-hybridized carbons (Fsp3) is 0.632. The molecule has 5 nitrogen and oxygen atoms in total. The summed E-state index contributed by atoms with van der Waals surface area (Å²) >= 11 is 0. The van der Waals surface area contributed by atoms with Gasteiger partial charge in [0, 0.05) is 30.9 Å². The maximum absolute atomic E-state index is 13.9. The number of halogens is 1. The van der Waals surface area contributed by atoms with Gasteiger partial charge in [0.2, 0.25) is 5.91 Å². The number of aliphatic hydroxyl groups is 1. The Morgan fingerprint density at radius 1 is 1.44 bits per heavy atom. The first-order chi connectivity index (χ1) is 11.9. The maximum atomic E-state index is 13.9. The van der Waals surface area contributed by atoms with Gasteiger partial charge in [0.05, 0.1) is 17.6 Å². The number of aliphatic hydroxyl groups excluding tert-OH is 1. The Bertz CT molecular complexity index is 623. The van der Waals surface area contributed by atoms with E-state index in [2.05, 4.69) is 15.5 Å². The van der Waals surface area contributed by atoms with Crippen molar-refractivity contribution in [3.05, 3.63) is 29.6 Å². The molecule has 1 aromatic rings. The average molecular weight is 349 g/mol. The molecule has 2 fully saturated rings. The van der Waals surface area contributed by atoms with Crippen molar-refractivity contribution in [3.8, 4) is 0 Å². The van der Waals surface area contributed by atoms with Gasteiger partial charge in [0.25, 0.3) is 0 Å². The first-order valence-electron chi connectivity index (χ1n) is 9.13. The molecule has 25 heavy (non-hydrogen) atoms. The highest BCUT2D eigenvalue weighted by Gasteiger charge is 2.37. The zero-order valence-corrected chi connectivity index (χ0v) is 15.0. The van der Waals surface area contributed by atoms with Crippen molar-refractivity contribution in [2.75, 3.05) is 31.1 Å². The molecule has 138 valence electrons. The summed E-state index contributed by atoms with van der Waals surface area (Å²) in [4.78, 5) is 14.8. The van der Waals surface area contributed by atoms with Crippen LogP contribution in [0, 0.1) is 11.2 Å². The van der Waals surface area contributed by atoms with Crippen LogP contribution in [0.25, 0.3) is 0 Å². The summed E-state index contributed by atoms with van der Waals surface area (Å²) in [6.07, 6.45) is 1.97. The van der Waals surface area contributed by atoms with Gasteiger partial charge in [-0.25, -0.2) is 4.39 Å². The van der Waals surface area contributed by atoms with E-state index in [-0.39, 0.29) is 23.9 Å². The molecule has 0 bridgehead atoms. The number of amides is 1. The minimum Gasteiger partial charge on any atom is -0.393 e. The molecule has 2 aliphatic rings. The molecule has 2 aliphatic heterocycles. The molecule has 1 amide bonds. The largest absolute Gasteiger partial charge is 0.393 e. The van der Waals surface area contributed by atoms with Crippen LogP contribution in [0.3, 0.4) is 0 Å². The van der Waals surface area contributed by atoms with Crippen LogP contribution in [0.5, 0.6) is 0 Å². The number of anilines is 1. The average Bonchev–Trinajstić information content (AvgIpc) is 3.04. The molecule has 0 aliphatic carbocycles. The van der Waals surface area contributed by atoms with Gasteiger partial charge in [-0.1, -0.05) is 0 Å². The van der Waals surface area contributed by atoms with Gasteiger partial charge >= 0.3 is 0 Å². The minimum absolute atomic E-state index is 0.00859. The predicted octanol–water partition coefficient (Wildman–Crippen LogP) is 1.96. The molecule has 3 rings (SSSR count). The van der Waals surface area contributed by atoms with Gasteiger partial charge in [-0.05, 0) is 57.9 Å². The SMILES string of the molecule is CC(NC(=O)C1(C)CCNC1)c1cc(F)ccc1N1CCC(O)CC1. The summed E-state index contributed by atoms with van der Waals surface area (Å²) in [5.41, 5.74) is 1.33. The molecular formula is C19H28FN3O2. The van der Waals surface area contributed by atoms with Gasteiger partial charge in [-0.2, -0.15) is 0 Å². The zero-order chi connectivity index (χ0) is 18.0. The second-order valence-corrected chi connectivity index (χ2v) is 7.60. The van der Waals surface area contributed by atoms with Crippen molar-refractivity contribution in [1.82, 2.24) is 10.6 Å². The summed E-state index contributed by atoms with van der Waals surface area (Å²) in [6, 6.07) is 4.48. The van der Waals surface area contributed by atoms with Crippen LogP contribution < -0.4 is 15.5 Å². The lowest BCUT2D eigenvalue weighted by molar-refractivity contribution is -0.129. The summed E-state index contributed by atoms with van der Waals surface area (Å²) in [7, 11) is 0. The van der Waals surface area contributed by atoms with E-state index < -0.39 is 5.41 Å². The lowest BCUT2D eigenvalue weighted by Gasteiger charge is -2.34. The van der Waals surface area contributed by atoms with E-state index in [4.69, 9.17) is 0 Å². The van der Waals surface area contributed by atoms with Crippen molar-refractivity contribution in [3.63, 3.8) is 0 Å². The smallest absolute Gasteiger partial charge is 0.227 e. The molecule has 3 N–H and O–H groups in total. The Kier molecular flexibility index (Phi) is 5.29. The number of rotatable bonds is 4. The van der Waals surface area contributed by atoms with E-state index in [1.165, 1.54) is 12.1 Å². The minimum atomic E-state index is -0.406. The van der Waals surface area contributed by atoms with E-state index in [0.717, 1.165) is 37.3 Å². The zero-order valence-electron chi connectivity index (χ0n) is 15.0. The van der Waals surface area contributed by atoms with Gasteiger partial charge in [0.15, 0.2) is 0 Å². The number of carbonyl (C=O) groups is 1. The molecule has 6 heteroatoms. The maximum Gasteiger partial charge on any atom is 0.227 e. The molecule has 0 aromatic heterocycles. The third kappa shape index (κ3) is 3.96. The Labute approximate surface area is 148 Å². The Morgan fingerprint density at radius 2 is 2.16 bits per heavy atom. The Morgan fingerprint density at radius 3 is 2.80 bits per heavy atom. The molecular weight excluding hydrogens is 321 g/mol. The van der Waals surface area contributed by atoms with Crippen LogP contribution in [0.15, 0.2) is 18.2 Å². The number of piperidine rings is 1. The van der Waals surface area contributed by atoms with Crippen molar-refractivity contribution < 1.29 is 14.3 Å². The van der Waals surface area contributed by atoms with Crippen molar-refractivity contribution in [2.45, 2.75) is 45.3 Å². The number of carbonyl (C=O) groups excluding carboxylic acids is 1. The number of hydrogen-bond donors (Lipinski definition) is 3. The van der Waals surface area contributed by atoms with Crippen molar-refractivity contribution in [2.24, 2.45) is 5.41 Å². The Hall–Kier alpha value is -1.66. The third-order valence-corrected chi connectivity index (χ3v) is 5.53. The van der Waals surface area contributed by atoms with Crippen LogP contribution in [0.2, 0.25) is 0 Å². The molecule has 0 saturated carbocycles. The van der Waals surface area contributed by atoms with E-state index in [0.29, 0.717) is 19.4 Å². The summed E-state index contributed by atoms with van der Waals surface area (Å²) in [5.74, 6) is -0.292. The fourth-order valence-corrected chi connectivity index (χ4v) is 3.73. The van der Waals surface area contributed by atoms with Gasteiger partial charge in [-0.15, -0.1) is 0 Å². The molecule has 1 aromatic carbocycles. The quantitative estimate of drug-likeness (QED) is 0.778. The summed E-state index contributed by atoms with van der Waals surface area (Å²) in [5, 5.41) is 16.0. The fourth-order valence-electron chi connectivity index (χ4n) is 3.73. The monoisotopic (exact) mass is 349 g/mol. The van der Waals surface area contributed by atoms with E-state index in [1.807, 2.05) is 13.8 Å². The molecule has 2 unspecified atom stereocenters. The molecule has 2 atom stereocenters. The van der Waals surface area contributed by atoms with Gasteiger partial charge in [-0.3, -0.25) is 4.79 Å². The van der Waals surface area contributed by atoms with Crippen molar-refractivity contribution in [1.29, 1.82) is 0 Å². The summed E-state index contributed by atoms with van der Waals surface area (Å²) in [6.45, 7) is 6.86. The normalized spacial score (nSPS) is 25.8. The second-order valence-electron chi connectivity index (χ2n) is 7.60. The summed E-state index contributed by atoms with van der Waals surface area (Å²) < 4.78 is 13.9. The molecule has 2 saturated heterocycles. The van der Waals surface area contributed by atoms with Crippen molar-refractivity contribution >= 4 is 11.6 Å². The first kappa shape index (κ1) is 18.1. The van der Waals surface area contributed by atoms with E-state index in [1.54, 1.807) is 6.07 Å². The molecule has 2 heterocycles. The third-order valence-electron chi connectivity index (χ3n) is 5.53.